The summed E-state index contributed by atoms with van der Waals surface area (Å²) >= 11 is 0. The summed E-state index contributed by atoms with van der Waals surface area (Å²) in [6, 6.07) is 0. The molecule has 0 aliphatic rings. The van der Waals surface area contributed by atoms with Crippen molar-refractivity contribution in [2.45, 2.75) is 34.6 Å². The number of amides is 2. The lowest BCUT2D eigenvalue weighted by Gasteiger charge is -2.35. The van der Waals surface area contributed by atoms with E-state index in [-0.39, 0.29) is 11.8 Å². The first-order valence-corrected chi connectivity index (χ1v) is 4.77. The van der Waals surface area contributed by atoms with E-state index < -0.39 is 17.4 Å². The highest BCUT2D eigenvalue weighted by molar-refractivity contribution is 5.94. The second-order valence-corrected chi connectivity index (χ2v) is 4.35. The van der Waals surface area contributed by atoms with Gasteiger partial charge >= 0.3 is 6.09 Å². The Balaban J connectivity index is 4.83. The maximum absolute atomic E-state index is 11.7. The van der Waals surface area contributed by atoms with Gasteiger partial charge in [-0.2, -0.15) is 0 Å². The van der Waals surface area contributed by atoms with Crippen LogP contribution in [0.3, 0.4) is 0 Å². The molecule has 14 heavy (non-hydrogen) atoms. The highest BCUT2D eigenvalue weighted by Crippen LogP contribution is 2.35. The summed E-state index contributed by atoms with van der Waals surface area (Å²) in [6.07, 6.45) is -1.29. The number of carbonyl (C=O) groups is 2. The highest BCUT2D eigenvalue weighted by Gasteiger charge is 2.40. The molecule has 0 spiro atoms. The summed E-state index contributed by atoms with van der Waals surface area (Å²) in [6.45, 7) is 9.46. The largest absolute Gasteiger partial charge is 0.465 e. The molecular weight excluding hydrogens is 182 g/mol. The lowest BCUT2D eigenvalue weighted by Crippen LogP contribution is -2.47. The van der Waals surface area contributed by atoms with Crippen molar-refractivity contribution in [2.24, 2.45) is 17.3 Å². The number of carboxylic acid groups (broad SMARTS) is 1. The topological polar surface area (TPSA) is 66.4 Å². The Morgan fingerprint density at radius 3 is 1.71 bits per heavy atom. The van der Waals surface area contributed by atoms with Gasteiger partial charge in [0.05, 0.1) is 5.41 Å². The van der Waals surface area contributed by atoms with Gasteiger partial charge in [-0.1, -0.05) is 34.6 Å². The average molecular weight is 201 g/mol. The monoisotopic (exact) mass is 201 g/mol. The Labute approximate surface area is 84.7 Å². The second kappa shape index (κ2) is 4.44. The SMILES string of the molecule is CC(C)C(C)(C(=O)NC(=O)O)C(C)C. The maximum atomic E-state index is 11.7. The minimum atomic E-state index is -1.29. The van der Waals surface area contributed by atoms with Gasteiger partial charge in [-0.15, -0.1) is 0 Å². The molecule has 82 valence electrons. The summed E-state index contributed by atoms with van der Waals surface area (Å²) in [5.41, 5.74) is -0.640. The third-order valence-electron chi connectivity index (χ3n) is 3.11. The quantitative estimate of drug-likeness (QED) is 0.734. The fraction of sp³-hybridized carbons (Fsp3) is 0.800. The minimum Gasteiger partial charge on any atom is -0.465 e. The van der Waals surface area contributed by atoms with Crippen LogP contribution in [-0.4, -0.2) is 17.1 Å². The van der Waals surface area contributed by atoms with Gasteiger partial charge in [0.15, 0.2) is 0 Å². The van der Waals surface area contributed by atoms with E-state index in [9.17, 15) is 9.59 Å². The molecule has 0 aliphatic heterocycles. The molecule has 4 nitrogen and oxygen atoms in total. The molecule has 0 aromatic rings. The van der Waals surface area contributed by atoms with Crippen LogP contribution < -0.4 is 5.32 Å². The molecule has 2 N–H and O–H groups in total. The van der Waals surface area contributed by atoms with E-state index in [0.717, 1.165) is 0 Å². The van der Waals surface area contributed by atoms with Gasteiger partial charge in [-0.25, -0.2) is 4.79 Å². The van der Waals surface area contributed by atoms with Gasteiger partial charge in [0.25, 0.3) is 0 Å². The molecule has 0 bridgehead atoms. The summed E-state index contributed by atoms with van der Waals surface area (Å²) in [5, 5.41) is 10.4. The van der Waals surface area contributed by atoms with Crippen molar-refractivity contribution in [3.05, 3.63) is 0 Å². The molecule has 0 aliphatic carbocycles. The van der Waals surface area contributed by atoms with Crippen LogP contribution in [0.5, 0.6) is 0 Å². The van der Waals surface area contributed by atoms with Crippen molar-refractivity contribution in [2.75, 3.05) is 0 Å². The standard InChI is InChI=1S/C10H19NO3/c1-6(2)10(5,7(3)4)8(12)11-9(13)14/h6-7H,1-5H3,(H,11,12)(H,13,14). The molecule has 0 unspecified atom stereocenters. The van der Waals surface area contributed by atoms with Crippen molar-refractivity contribution < 1.29 is 14.7 Å². The van der Waals surface area contributed by atoms with E-state index >= 15 is 0 Å². The van der Waals surface area contributed by atoms with Gasteiger partial charge in [0.1, 0.15) is 0 Å². The Morgan fingerprint density at radius 2 is 1.50 bits per heavy atom. The van der Waals surface area contributed by atoms with Crippen LogP contribution in [-0.2, 0) is 4.79 Å². The van der Waals surface area contributed by atoms with Crippen molar-refractivity contribution >= 4 is 12.0 Å². The summed E-state index contributed by atoms with van der Waals surface area (Å²) in [7, 11) is 0. The molecule has 0 aromatic heterocycles. The second-order valence-electron chi connectivity index (χ2n) is 4.35. The zero-order chi connectivity index (χ0) is 11.5. The van der Waals surface area contributed by atoms with E-state index in [1.54, 1.807) is 6.92 Å². The molecule has 2 amide bonds. The third kappa shape index (κ3) is 2.47. The number of rotatable bonds is 3. The molecule has 0 saturated heterocycles. The maximum Gasteiger partial charge on any atom is 0.411 e. The lowest BCUT2D eigenvalue weighted by molar-refractivity contribution is -0.134. The molecule has 4 heteroatoms. The molecule has 0 aromatic carbocycles. The van der Waals surface area contributed by atoms with Gasteiger partial charge in [0, 0.05) is 0 Å². The number of hydrogen-bond donors (Lipinski definition) is 2. The molecule has 0 rings (SSSR count). The summed E-state index contributed by atoms with van der Waals surface area (Å²) in [5.74, 6) is -0.223. The van der Waals surface area contributed by atoms with E-state index in [0.29, 0.717) is 0 Å². The number of hydrogen-bond acceptors (Lipinski definition) is 2. The van der Waals surface area contributed by atoms with Crippen LogP contribution in [0.1, 0.15) is 34.6 Å². The summed E-state index contributed by atoms with van der Waals surface area (Å²) < 4.78 is 0. The zero-order valence-electron chi connectivity index (χ0n) is 9.42. The fourth-order valence-electron chi connectivity index (χ4n) is 1.42. The number of imide groups is 1. The number of nitrogens with one attached hydrogen (secondary N) is 1. The Morgan fingerprint density at radius 1 is 1.14 bits per heavy atom. The minimum absolute atomic E-state index is 0.0989. The van der Waals surface area contributed by atoms with Crippen LogP contribution in [0, 0.1) is 17.3 Å². The van der Waals surface area contributed by atoms with Crippen molar-refractivity contribution in [1.29, 1.82) is 0 Å². The molecule has 0 heterocycles. The van der Waals surface area contributed by atoms with Crippen LogP contribution in [0.15, 0.2) is 0 Å². The van der Waals surface area contributed by atoms with Gasteiger partial charge in [-0.05, 0) is 11.8 Å². The predicted molar refractivity (Wildman–Crippen MR) is 54.0 cm³/mol. The predicted octanol–water partition coefficient (Wildman–Crippen LogP) is 2.10. The smallest absolute Gasteiger partial charge is 0.411 e. The first-order chi connectivity index (χ1) is 6.22. The van der Waals surface area contributed by atoms with Crippen molar-refractivity contribution in [1.82, 2.24) is 5.32 Å². The van der Waals surface area contributed by atoms with E-state index in [1.807, 2.05) is 33.0 Å². The number of carbonyl (C=O) groups excluding carboxylic acids is 1. The molecular formula is C10H19NO3. The highest BCUT2D eigenvalue weighted by atomic mass is 16.4. The summed E-state index contributed by atoms with van der Waals surface area (Å²) in [4.78, 5) is 22.0. The fourth-order valence-corrected chi connectivity index (χ4v) is 1.42. The van der Waals surface area contributed by atoms with Gasteiger partial charge < -0.3 is 5.11 Å². The van der Waals surface area contributed by atoms with Crippen LogP contribution >= 0.6 is 0 Å². The molecule has 0 radical (unpaired) electrons. The Kier molecular flexibility index (Phi) is 4.10. The van der Waals surface area contributed by atoms with Crippen LogP contribution in [0.25, 0.3) is 0 Å². The Hall–Kier alpha value is -1.06. The first-order valence-electron chi connectivity index (χ1n) is 4.77. The molecule has 0 atom stereocenters. The molecule has 0 fully saturated rings. The van der Waals surface area contributed by atoms with E-state index in [1.165, 1.54) is 0 Å². The van der Waals surface area contributed by atoms with Gasteiger partial charge in [-0.3, -0.25) is 10.1 Å². The first kappa shape index (κ1) is 12.9. The van der Waals surface area contributed by atoms with Crippen molar-refractivity contribution in [3.8, 4) is 0 Å². The van der Waals surface area contributed by atoms with Crippen molar-refractivity contribution in [3.63, 3.8) is 0 Å². The lowest BCUT2D eigenvalue weighted by atomic mass is 9.70. The van der Waals surface area contributed by atoms with Crippen LogP contribution in [0.4, 0.5) is 4.79 Å². The van der Waals surface area contributed by atoms with E-state index in [4.69, 9.17) is 5.11 Å². The van der Waals surface area contributed by atoms with E-state index in [2.05, 4.69) is 0 Å². The average Bonchev–Trinajstić information content (AvgIpc) is 2.00. The normalized spacial score (nSPS) is 11.9. The third-order valence-corrected chi connectivity index (χ3v) is 3.11. The van der Waals surface area contributed by atoms with Crippen LogP contribution in [0.2, 0.25) is 0 Å². The molecule has 0 saturated carbocycles. The Bertz CT molecular complexity index is 226. The zero-order valence-corrected chi connectivity index (χ0v) is 9.42. The van der Waals surface area contributed by atoms with Gasteiger partial charge in [0.2, 0.25) is 5.91 Å².